The molecule has 0 fully saturated rings. The van der Waals surface area contributed by atoms with Crippen LogP contribution in [0.1, 0.15) is 12.5 Å². The Kier molecular flexibility index (Phi) is 6.41. The third-order valence-electron chi connectivity index (χ3n) is 2.52. The number of amides is 2. The molecule has 0 aliphatic carbocycles. The molecule has 0 aliphatic rings. The van der Waals surface area contributed by atoms with Gasteiger partial charge in [0.1, 0.15) is 12.4 Å². The van der Waals surface area contributed by atoms with E-state index in [1.807, 2.05) is 0 Å². The van der Waals surface area contributed by atoms with Crippen molar-refractivity contribution >= 4 is 23.6 Å². The number of halogens is 2. The predicted octanol–water partition coefficient (Wildman–Crippen LogP) is 0.767. The lowest BCUT2D eigenvalue weighted by molar-refractivity contribution is -0.885. The van der Waals surface area contributed by atoms with Crippen molar-refractivity contribution in [2.24, 2.45) is 0 Å². The van der Waals surface area contributed by atoms with Gasteiger partial charge >= 0.3 is 6.09 Å². The van der Waals surface area contributed by atoms with Crippen LogP contribution in [0, 0.1) is 5.82 Å². The fraction of sp³-hybridized carbons (Fsp3) is 0.385. The van der Waals surface area contributed by atoms with Gasteiger partial charge < -0.3 is 9.64 Å². The number of carbonyl (C=O) groups is 2. The molecule has 0 aliphatic heterocycles. The number of nitrogens with one attached hydrogen (secondary N) is 2. The van der Waals surface area contributed by atoms with E-state index in [1.54, 1.807) is 20.0 Å². The topological polar surface area (TPSA) is 59.8 Å². The summed E-state index contributed by atoms with van der Waals surface area (Å²) in [4.78, 5) is 23.3. The van der Waals surface area contributed by atoms with Gasteiger partial charge in [0.05, 0.1) is 24.2 Å². The van der Waals surface area contributed by atoms with Crippen molar-refractivity contribution in [1.82, 2.24) is 5.32 Å². The van der Waals surface area contributed by atoms with Gasteiger partial charge in [-0.15, -0.1) is 0 Å². The first kappa shape index (κ1) is 16.4. The van der Waals surface area contributed by atoms with E-state index in [9.17, 15) is 14.0 Å². The molecule has 110 valence electrons. The Morgan fingerprint density at radius 3 is 2.75 bits per heavy atom. The number of hydrogen-bond acceptors (Lipinski definition) is 3. The second-order valence-corrected chi connectivity index (χ2v) is 4.69. The lowest BCUT2D eigenvalue weighted by Crippen LogP contribution is -3.09. The molecule has 1 aromatic rings. The Morgan fingerprint density at radius 1 is 1.45 bits per heavy atom. The summed E-state index contributed by atoms with van der Waals surface area (Å²) in [6.07, 6.45) is -0.783. The molecule has 0 saturated carbocycles. The Morgan fingerprint density at radius 2 is 2.15 bits per heavy atom. The molecule has 0 bridgehead atoms. The van der Waals surface area contributed by atoms with Crippen LogP contribution in [0.2, 0.25) is 5.02 Å². The molecule has 5 nitrogen and oxygen atoms in total. The lowest BCUT2D eigenvalue weighted by atomic mass is 10.2. The van der Waals surface area contributed by atoms with Gasteiger partial charge in [-0.25, -0.2) is 9.18 Å². The summed E-state index contributed by atoms with van der Waals surface area (Å²) >= 11 is 5.91. The van der Waals surface area contributed by atoms with Crippen molar-refractivity contribution in [2.75, 3.05) is 20.2 Å². The Bertz CT molecular complexity index is 476. The maximum absolute atomic E-state index is 13.6. The van der Waals surface area contributed by atoms with Crippen LogP contribution in [0.15, 0.2) is 18.2 Å². The number of hydrogen-bond donors (Lipinski definition) is 2. The van der Waals surface area contributed by atoms with Crippen molar-refractivity contribution in [3.8, 4) is 0 Å². The molecular weight excluding hydrogens is 287 g/mol. The van der Waals surface area contributed by atoms with Crippen LogP contribution in [0.25, 0.3) is 0 Å². The molecule has 1 rings (SSSR count). The second kappa shape index (κ2) is 7.81. The first-order chi connectivity index (χ1) is 9.43. The molecule has 7 heteroatoms. The zero-order chi connectivity index (χ0) is 15.1. The fourth-order valence-corrected chi connectivity index (χ4v) is 1.89. The SMILES string of the molecule is CCOC(=O)NC(=O)C[NH+](C)Cc1c(F)cccc1Cl. The quantitative estimate of drug-likeness (QED) is 0.844. The number of rotatable bonds is 5. The van der Waals surface area contributed by atoms with Crippen LogP contribution in [0.3, 0.4) is 0 Å². The molecule has 0 spiro atoms. The molecule has 20 heavy (non-hydrogen) atoms. The third kappa shape index (κ3) is 5.14. The predicted molar refractivity (Wildman–Crippen MR) is 72.0 cm³/mol. The van der Waals surface area contributed by atoms with Gasteiger partial charge in [0.25, 0.3) is 5.91 Å². The molecule has 1 aromatic carbocycles. The minimum atomic E-state index is -0.783. The standard InChI is InChI=1S/C13H16ClFN2O3/c1-3-20-13(19)16-12(18)8-17(2)7-9-10(14)5-4-6-11(9)15/h4-6H,3,7-8H2,1-2H3,(H,16,18,19)/p+1. The average Bonchev–Trinajstić information content (AvgIpc) is 2.34. The van der Waals surface area contributed by atoms with Crippen LogP contribution in [0.5, 0.6) is 0 Å². The maximum Gasteiger partial charge on any atom is 0.414 e. The van der Waals surface area contributed by atoms with E-state index < -0.39 is 17.8 Å². The van der Waals surface area contributed by atoms with Crippen molar-refractivity contribution < 1.29 is 23.6 Å². The molecule has 1 unspecified atom stereocenters. The molecule has 2 amide bonds. The van der Waals surface area contributed by atoms with E-state index in [0.29, 0.717) is 15.5 Å². The summed E-state index contributed by atoms with van der Waals surface area (Å²) in [6, 6.07) is 4.42. The molecule has 1 atom stereocenters. The highest BCUT2D eigenvalue weighted by Crippen LogP contribution is 2.17. The van der Waals surface area contributed by atoms with Crippen LogP contribution in [-0.2, 0) is 16.1 Å². The van der Waals surface area contributed by atoms with Gasteiger partial charge in [0.2, 0.25) is 0 Å². The van der Waals surface area contributed by atoms with Gasteiger partial charge in [-0.3, -0.25) is 10.1 Å². The fourth-order valence-electron chi connectivity index (χ4n) is 1.66. The second-order valence-electron chi connectivity index (χ2n) is 4.28. The number of carbonyl (C=O) groups excluding carboxylic acids is 2. The number of quaternary nitrogens is 1. The van der Waals surface area contributed by atoms with E-state index in [4.69, 9.17) is 11.6 Å². The van der Waals surface area contributed by atoms with Crippen molar-refractivity contribution in [3.63, 3.8) is 0 Å². The minimum Gasteiger partial charge on any atom is -0.450 e. The molecule has 2 N–H and O–H groups in total. The Hall–Kier alpha value is -1.66. The maximum atomic E-state index is 13.6. The van der Waals surface area contributed by atoms with Crippen molar-refractivity contribution in [1.29, 1.82) is 0 Å². The molecular formula is C13H17ClFN2O3+. The highest BCUT2D eigenvalue weighted by molar-refractivity contribution is 6.31. The van der Waals surface area contributed by atoms with Gasteiger partial charge in [0.15, 0.2) is 6.54 Å². The van der Waals surface area contributed by atoms with Crippen LogP contribution in [0.4, 0.5) is 9.18 Å². The average molecular weight is 304 g/mol. The Labute approximate surface area is 121 Å². The van der Waals surface area contributed by atoms with Gasteiger partial charge in [-0.1, -0.05) is 17.7 Å². The molecule has 0 radical (unpaired) electrons. The molecule has 0 aromatic heterocycles. The summed E-state index contributed by atoms with van der Waals surface area (Å²) in [7, 11) is 1.70. The van der Waals surface area contributed by atoms with Crippen LogP contribution in [-0.4, -0.2) is 32.2 Å². The van der Waals surface area contributed by atoms with E-state index >= 15 is 0 Å². The monoisotopic (exact) mass is 303 g/mol. The first-order valence-electron chi connectivity index (χ1n) is 6.14. The van der Waals surface area contributed by atoms with E-state index in [2.05, 4.69) is 10.1 Å². The number of alkyl carbamates (subject to hydrolysis) is 1. The normalized spacial score (nSPS) is 11.8. The minimum absolute atomic E-state index is 0.00345. The number of likely N-dealkylation sites (N-methyl/N-ethyl adjacent to an activating group) is 1. The lowest BCUT2D eigenvalue weighted by Gasteiger charge is -2.14. The number of benzene rings is 1. The number of imide groups is 1. The molecule has 0 heterocycles. The highest BCUT2D eigenvalue weighted by Gasteiger charge is 2.17. The summed E-state index contributed by atoms with van der Waals surface area (Å²) in [5, 5.41) is 2.39. The van der Waals surface area contributed by atoms with E-state index in [0.717, 1.165) is 0 Å². The zero-order valence-corrected chi connectivity index (χ0v) is 12.1. The van der Waals surface area contributed by atoms with Crippen LogP contribution < -0.4 is 10.2 Å². The Balaban J connectivity index is 2.53. The van der Waals surface area contributed by atoms with E-state index in [-0.39, 0.29) is 19.7 Å². The van der Waals surface area contributed by atoms with Crippen LogP contribution >= 0.6 is 11.6 Å². The third-order valence-corrected chi connectivity index (χ3v) is 2.87. The van der Waals surface area contributed by atoms with Gasteiger partial charge in [-0.05, 0) is 19.1 Å². The highest BCUT2D eigenvalue weighted by atomic mass is 35.5. The summed E-state index contributed by atoms with van der Waals surface area (Å²) in [6.45, 7) is 2.07. The number of ether oxygens (including phenoxy) is 1. The largest absolute Gasteiger partial charge is 0.450 e. The van der Waals surface area contributed by atoms with E-state index in [1.165, 1.54) is 12.1 Å². The van der Waals surface area contributed by atoms with Crippen molar-refractivity contribution in [2.45, 2.75) is 13.5 Å². The summed E-state index contributed by atoms with van der Waals surface area (Å²) < 4.78 is 18.2. The van der Waals surface area contributed by atoms with Gasteiger partial charge in [0, 0.05) is 0 Å². The summed E-state index contributed by atoms with van der Waals surface area (Å²) in [5.74, 6) is -0.906. The van der Waals surface area contributed by atoms with Crippen molar-refractivity contribution in [3.05, 3.63) is 34.6 Å². The van der Waals surface area contributed by atoms with Gasteiger partial charge in [-0.2, -0.15) is 0 Å². The smallest absolute Gasteiger partial charge is 0.414 e. The first-order valence-corrected chi connectivity index (χ1v) is 6.52. The zero-order valence-electron chi connectivity index (χ0n) is 11.3. The molecule has 0 saturated heterocycles. The summed E-state index contributed by atoms with van der Waals surface area (Å²) in [5.41, 5.74) is 0.343.